The van der Waals surface area contributed by atoms with Crippen LogP contribution in [0.5, 0.6) is 11.5 Å². The highest BCUT2D eigenvalue weighted by molar-refractivity contribution is 6.25. The summed E-state index contributed by atoms with van der Waals surface area (Å²) in [7, 11) is 0. The van der Waals surface area contributed by atoms with Crippen molar-refractivity contribution in [2.45, 2.75) is 0 Å². The third-order valence-corrected chi connectivity index (χ3v) is 4.64. The number of rotatable bonds is 8. The molecule has 3 aromatic rings. The average Bonchev–Trinajstić information content (AvgIpc) is 3.07. The number of ether oxygens (including phenoxy) is 2. The minimum absolute atomic E-state index is 0.326. The lowest BCUT2D eigenvalue weighted by molar-refractivity contribution is 0.363. The molecule has 0 bridgehead atoms. The molecule has 4 rings (SSSR count). The van der Waals surface area contributed by atoms with Crippen LogP contribution in [0.25, 0.3) is 11.1 Å². The molecule has 0 radical (unpaired) electrons. The van der Waals surface area contributed by atoms with Crippen molar-refractivity contribution in [2.75, 3.05) is 18.6 Å². The molecule has 3 aromatic carbocycles. The standard InChI is InChI=1S/C25H21FN2O2/c1-3-12-29-19-8-10-21-22-11-9-20(30-13-4-2)16-24(22)25(23(21)15-19)28-27-18-7-5-6-17(26)14-18/h3-11,14-16,27H,1-2,12-13H2. The Bertz CT molecular complexity index is 1070. The van der Waals surface area contributed by atoms with Gasteiger partial charge in [-0.25, -0.2) is 4.39 Å². The van der Waals surface area contributed by atoms with Crippen molar-refractivity contribution >= 4 is 11.4 Å². The zero-order chi connectivity index (χ0) is 20.9. The molecule has 0 aromatic heterocycles. The number of benzene rings is 3. The Hall–Kier alpha value is -3.86. The first kappa shape index (κ1) is 19.5. The van der Waals surface area contributed by atoms with Gasteiger partial charge in [0.15, 0.2) is 0 Å². The maximum absolute atomic E-state index is 13.6. The van der Waals surface area contributed by atoms with E-state index in [2.05, 4.69) is 23.7 Å². The van der Waals surface area contributed by atoms with Gasteiger partial charge in [-0.05, 0) is 65.7 Å². The fourth-order valence-corrected chi connectivity index (χ4v) is 3.34. The van der Waals surface area contributed by atoms with Crippen LogP contribution in [0, 0.1) is 5.82 Å². The first-order valence-electron chi connectivity index (χ1n) is 9.55. The molecule has 1 aliphatic rings. The molecule has 0 fully saturated rings. The van der Waals surface area contributed by atoms with Crippen LogP contribution in [-0.4, -0.2) is 18.9 Å². The lowest BCUT2D eigenvalue weighted by atomic mass is 10.1. The van der Waals surface area contributed by atoms with Gasteiger partial charge in [0.05, 0.1) is 11.4 Å². The average molecular weight is 400 g/mol. The van der Waals surface area contributed by atoms with Gasteiger partial charge >= 0.3 is 0 Å². The SMILES string of the molecule is C=CCOc1ccc2c(c1)C(=NNc1cccc(F)c1)c1cc(OCC=C)ccc1-2. The van der Waals surface area contributed by atoms with Gasteiger partial charge in [0, 0.05) is 11.1 Å². The van der Waals surface area contributed by atoms with E-state index in [1.54, 1.807) is 24.3 Å². The lowest BCUT2D eigenvalue weighted by Gasteiger charge is -2.08. The molecule has 0 saturated carbocycles. The molecule has 0 amide bonds. The normalized spacial score (nSPS) is 11.3. The number of fused-ring (bicyclic) bond motifs is 3. The second-order valence-corrected chi connectivity index (χ2v) is 6.70. The Morgan fingerprint density at radius 3 is 1.93 bits per heavy atom. The van der Waals surface area contributed by atoms with Gasteiger partial charge in [-0.1, -0.05) is 31.4 Å². The molecule has 5 heteroatoms. The Morgan fingerprint density at radius 2 is 1.40 bits per heavy atom. The maximum Gasteiger partial charge on any atom is 0.125 e. The molecule has 0 heterocycles. The predicted octanol–water partition coefficient (Wildman–Crippen LogP) is 5.80. The van der Waals surface area contributed by atoms with Crippen molar-refractivity contribution in [3.63, 3.8) is 0 Å². The van der Waals surface area contributed by atoms with Crippen LogP contribution in [0.3, 0.4) is 0 Å². The smallest absolute Gasteiger partial charge is 0.125 e. The number of halogens is 1. The molecule has 0 saturated heterocycles. The summed E-state index contributed by atoms with van der Waals surface area (Å²) in [5, 5.41) is 4.61. The minimum Gasteiger partial charge on any atom is -0.490 e. The van der Waals surface area contributed by atoms with Crippen LogP contribution in [0.15, 0.2) is 91.1 Å². The van der Waals surface area contributed by atoms with E-state index in [0.717, 1.165) is 39.5 Å². The first-order chi connectivity index (χ1) is 14.7. The zero-order valence-corrected chi connectivity index (χ0v) is 16.4. The molecule has 150 valence electrons. The van der Waals surface area contributed by atoms with Gasteiger partial charge in [-0.15, -0.1) is 0 Å². The first-order valence-corrected chi connectivity index (χ1v) is 9.55. The number of nitrogens with zero attached hydrogens (tertiary/aromatic N) is 1. The summed E-state index contributed by atoms with van der Waals surface area (Å²) in [6.07, 6.45) is 3.40. The molecule has 1 aliphatic carbocycles. The summed E-state index contributed by atoms with van der Waals surface area (Å²) >= 11 is 0. The van der Waals surface area contributed by atoms with Crippen molar-refractivity contribution in [1.29, 1.82) is 0 Å². The second kappa shape index (κ2) is 8.66. The molecule has 1 N–H and O–H groups in total. The molecule has 0 aliphatic heterocycles. The van der Waals surface area contributed by atoms with Gasteiger partial charge in [0.2, 0.25) is 0 Å². The fraction of sp³-hybridized carbons (Fsp3) is 0.0800. The Labute approximate surface area is 175 Å². The topological polar surface area (TPSA) is 42.8 Å². The van der Waals surface area contributed by atoms with Crippen molar-refractivity contribution < 1.29 is 13.9 Å². The molecule has 0 atom stereocenters. The quantitative estimate of drug-likeness (QED) is 0.300. The van der Waals surface area contributed by atoms with Crippen molar-refractivity contribution in [1.82, 2.24) is 0 Å². The highest BCUT2D eigenvalue weighted by Crippen LogP contribution is 2.40. The van der Waals surface area contributed by atoms with Crippen LogP contribution in [0.2, 0.25) is 0 Å². The van der Waals surface area contributed by atoms with Crippen molar-refractivity contribution in [2.24, 2.45) is 5.10 Å². The summed E-state index contributed by atoms with van der Waals surface area (Å²) in [5.74, 6) is 1.12. The van der Waals surface area contributed by atoms with Crippen molar-refractivity contribution in [3.05, 3.63) is 103 Å². The van der Waals surface area contributed by atoms with E-state index in [1.165, 1.54) is 12.1 Å². The van der Waals surface area contributed by atoms with E-state index in [4.69, 9.17) is 9.47 Å². The largest absolute Gasteiger partial charge is 0.490 e. The van der Waals surface area contributed by atoms with Gasteiger partial charge in [0.25, 0.3) is 0 Å². The minimum atomic E-state index is -0.326. The second-order valence-electron chi connectivity index (χ2n) is 6.70. The van der Waals surface area contributed by atoms with E-state index in [9.17, 15) is 4.39 Å². The Balaban J connectivity index is 1.77. The van der Waals surface area contributed by atoms with Crippen LogP contribution < -0.4 is 14.9 Å². The highest BCUT2D eigenvalue weighted by atomic mass is 19.1. The van der Waals surface area contributed by atoms with Crippen LogP contribution in [0.4, 0.5) is 10.1 Å². The number of hydrogen-bond donors (Lipinski definition) is 1. The molecular formula is C25H21FN2O2. The van der Waals surface area contributed by atoms with Gasteiger partial charge in [-0.2, -0.15) is 5.10 Å². The number of hydrazone groups is 1. The van der Waals surface area contributed by atoms with Crippen LogP contribution in [0.1, 0.15) is 11.1 Å². The van der Waals surface area contributed by atoms with E-state index in [1.807, 2.05) is 36.4 Å². The number of nitrogens with one attached hydrogen (secondary N) is 1. The lowest BCUT2D eigenvalue weighted by Crippen LogP contribution is -2.04. The Kier molecular flexibility index (Phi) is 5.61. The number of hydrogen-bond acceptors (Lipinski definition) is 4. The van der Waals surface area contributed by atoms with E-state index in [-0.39, 0.29) is 5.82 Å². The summed E-state index contributed by atoms with van der Waals surface area (Å²) in [6.45, 7) is 8.21. The Morgan fingerprint density at radius 1 is 0.800 bits per heavy atom. The third-order valence-electron chi connectivity index (χ3n) is 4.64. The van der Waals surface area contributed by atoms with Crippen LogP contribution >= 0.6 is 0 Å². The van der Waals surface area contributed by atoms with Gasteiger partial charge in [-0.3, -0.25) is 5.43 Å². The zero-order valence-electron chi connectivity index (χ0n) is 16.4. The molecule has 30 heavy (non-hydrogen) atoms. The highest BCUT2D eigenvalue weighted by Gasteiger charge is 2.26. The number of anilines is 1. The van der Waals surface area contributed by atoms with Crippen molar-refractivity contribution in [3.8, 4) is 22.6 Å². The maximum atomic E-state index is 13.6. The van der Waals surface area contributed by atoms with Gasteiger partial charge in [0.1, 0.15) is 30.5 Å². The van der Waals surface area contributed by atoms with Gasteiger partial charge < -0.3 is 9.47 Å². The third kappa shape index (κ3) is 3.96. The summed E-state index contributed by atoms with van der Waals surface area (Å²) in [6, 6.07) is 18.0. The molecule has 0 unspecified atom stereocenters. The molecule has 4 nitrogen and oxygen atoms in total. The van der Waals surface area contributed by atoms with E-state index >= 15 is 0 Å². The monoisotopic (exact) mass is 400 g/mol. The summed E-state index contributed by atoms with van der Waals surface area (Å²) in [5.41, 5.74) is 8.22. The van der Waals surface area contributed by atoms with E-state index < -0.39 is 0 Å². The fourth-order valence-electron chi connectivity index (χ4n) is 3.34. The predicted molar refractivity (Wildman–Crippen MR) is 119 cm³/mol. The summed E-state index contributed by atoms with van der Waals surface area (Å²) < 4.78 is 25.0. The van der Waals surface area contributed by atoms with Crippen LogP contribution in [-0.2, 0) is 0 Å². The molecular weight excluding hydrogens is 379 g/mol. The molecule has 0 spiro atoms. The summed E-state index contributed by atoms with van der Waals surface area (Å²) in [4.78, 5) is 0. The van der Waals surface area contributed by atoms with E-state index in [0.29, 0.717) is 18.9 Å².